The SMILES string of the molecule is OCc1cc(F)ccc1Pc1cc(Cc2ccccc2)cc(Cc2ccccc2)c1O. The summed E-state index contributed by atoms with van der Waals surface area (Å²) < 4.78 is 13.6. The summed E-state index contributed by atoms with van der Waals surface area (Å²) >= 11 is 0. The topological polar surface area (TPSA) is 40.5 Å². The predicted octanol–water partition coefficient (Wildman–Crippen LogP) is 4.83. The minimum absolute atomic E-state index is 0.115. The quantitative estimate of drug-likeness (QED) is 0.412. The van der Waals surface area contributed by atoms with Crippen molar-refractivity contribution >= 4 is 19.2 Å². The Hall–Kier alpha value is -3.00. The fourth-order valence-corrected chi connectivity index (χ4v) is 5.01. The molecule has 2 N–H and O–H groups in total. The van der Waals surface area contributed by atoms with Gasteiger partial charge in [0, 0.05) is 11.7 Å². The summed E-state index contributed by atoms with van der Waals surface area (Å²) in [6.45, 7) is -0.235. The second-order valence-corrected chi connectivity index (χ2v) is 8.89. The van der Waals surface area contributed by atoms with E-state index in [2.05, 4.69) is 30.3 Å². The zero-order valence-electron chi connectivity index (χ0n) is 17.1. The molecule has 0 aliphatic heterocycles. The van der Waals surface area contributed by atoms with E-state index in [1.165, 1.54) is 17.7 Å². The third kappa shape index (κ3) is 5.38. The summed E-state index contributed by atoms with van der Waals surface area (Å²) in [5, 5.41) is 22.4. The lowest BCUT2D eigenvalue weighted by atomic mass is 9.98. The van der Waals surface area contributed by atoms with Crippen molar-refractivity contribution in [3.63, 3.8) is 0 Å². The van der Waals surface area contributed by atoms with Gasteiger partial charge >= 0.3 is 0 Å². The lowest BCUT2D eigenvalue weighted by Crippen LogP contribution is -2.12. The van der Waals surface area contributed by atoms with E-state index in [4.69, 9.17) is 0 Å². The van der Waals surface area contributed by atoms with Crippen LogP contribution in [0.1, 0.15) is 27.8 Å². The molecule has 2 nitrogen and oxygen atoms in total. The Morgan fingerprint density at radius 3 is 1.94 bits per heavy atom. The zero-order valence-corrected chi connectivity index (χ0v) is 18.1. The molecule has 0 bridgehead atoms. The molecule has 0 saturated carbocycles. The Labute approximate surface area is 183 Å². The number of aromatic hydroxyl groups is 1. The minimum atomic E-state index is -0.371. The molecule has 0 aromatic heterocycles. The summed E-state index contributed by atoms with van der Waals surface area (Å²) in [6, 6.07) is 28.9. The van der Waals surface area contributed by atoms with Gasteiger partial charge in [-0.15, -0.1) is 0 Å². The molecule has 0 spiro atoms. The normalized spacial score (nSPS) is 11.3. The number of benzene rings is 4. The number of phenolic OH excluding ortho intramolecular Hbond substituents is 1. The van der Waals surface area contributed by atoms with Gasteiger partial charge in [-0.3, -0.25) is 0 Å². The molecule has 0 aliphatic carbocycles. The molecule has 4 heteroatoms. The van der Waals surface area contributed by atoms with Gasteiger partial charge < -0.3 is 10.2 Å². The van der Waals surface area contributed by atoms with Crippen LogP contribution in [-0.4, -0.2) is 10.2 Å². The standard InChI is InChI=1S/C27H24FO2P/c28-24-11-12-25(23(17-24)18-29)31-26-16-21(13-19-7-3-1-4-8-19)15-22(27(26)30)14-20-9-5-2-6-10-20/h1-12,15-17,29-31H,13-14,18H2. The Morgan fingerprint density at radius 1 is 0.645 bits per heavy atom. The maximum Gasteiger partial charge on any atom is 0.126 e. The Kier molecular flexibility index (Phi) is 6.76. The molecule has 4 aromatic carbocycles. The van der Waals surface area contributed by atoms with Crippen LogP contribution in [-0.2, 0) is 19.4 Å². The van der Waals surface area contributed by atoms with E-state index in [1.54, 1.807) is 6.07 Å². The van der Waals surface area contributed by atoms with Gasteiger partial charge in [0.1, 0.15) is 11.6 Å². The van der Waals surface area contributed by atoms with E-state index in [1.807, 2.05) is 42.5 Å². The molecule has 0 saturated heterocycles. The first-order chi connectivity index (χ1) is 15.1. The Bertz CT molecular complexity index is 1160. The summed E-state index contributed by atoms with van der Waals surface area (Å²) in [6.07, 6.45) is 1.39. The van der Waals surface area contributed by atoms with Crippen LogP contribution in [0.3, 0.4) is 0 Å². The number of aliphatic hydroxyl groups excluding tert-OH is 1. The first-order valence-electron chi connectivity index (χ1n) is 10.2. The van der Waals surface area contributed by atoms with Gasteiger partial charge in [-0.05, 0) is 57.7 Å². The zero-order chi connectivity index (χ0) is 21.6. The van der Waals surface area contributed by atoms with Crippen molar-refractivity contribution in [2.24, 2.45) is 0 Å². The lowest BCUT2D eigenvalue weighted by Gasteiger charge is -2.15. The van der Waals surface area contributed by atoms with Crippen LogP contribution in [0.2, 0.25) is 0 Å². The first kappa shape index (κ1) is 21.2. The molecule has 0 radical (unpaired) electrons. The van der Waals surface area contributed by atoms with Crippen molar-refractivity contribution in [2.75, 3.05) is 0 Å². The highest BCUT2D eigenvalue weighted by atomic mass is 31.1. The first-order valence-corrected chi connectivity index (χ1v) is 11.2. The molecule has 156 valence electrons. The minimum Gasteiger partial charge on any atom is -0.507 e. The second-order valence-electron chi connectivity index (χ2n) is 7.56. The molecule has 4 rings (SSSR count). The van der Waals surface area contributed by atoms with E-state index < -0.39 is 0 Å². The number of halogens is 1. The molecule has 0 heterocycles. The van der Waals surface area contributed by atoms with E-state index in [9.17, 15) is 14.6 Å². The van der Waals surface area contributed by atoms with E-state index in [0.717, 1.165) is 33.7 Å². The largest absolute Gasteiger partial charge is 0.507 e. The van der Waals surface area contributed by atoms with Crippen molar-refractivity contribution in [3.8, 4) is 5.75 Å². The molecule has 31 heavy (non-hydrogen) atoms. The number of phenols is 1. The van der Waals surface area contributed by atoms with Crippen molar-refractivity contribution in [1.29, 1.82) is 0 Å². The van der Waals surface area contributed by atoms with Crippen LogP contribution in [0.4, 0.5) is 4.39 Å². The van der Waals surface area contributed by atoms with E-state index >= 15 is 0 Å². The number of aliphatic hydroxyl groups is 1. The smallest absolute Gasteiger partial charge is 0.126 e. The third-order valence-electron chi connectivity index (χ3n) is 5.24. The molecule has 0 amide bonds. The molecule has 1 atom stereocenters. The monoisotopic (exact) mass is 430 g/mol. The van der Waals surface area contributed by atoms with Crippen molar-refractivity contribution in [1.82, 2.24) is 0 Å². The molecule has 0 aliphatic rings. The van der Waals surface area contributed by atoms with E-state index in [-0.39, 0.29) is 26.8 Å². The van der Waals surface area contributed by atoms with Gasteiger partial charge in [-0.2, -0.15) is 0 Å². The van der Waals surface area contributed by atoms with Crippen molar-refractivity contribution < 1.29 is 14.6 Å². The summed E-state index contributed by atoms with van der Waals surface area (Å²) in [4.78, 5) is 0. The maximum absolute atomic E-state index is 13.6. The van der Waals surface area contributed by atoms with Crippen molar-refractivity contribution in [3.05, 3.63) is 125 Å². The molecule has 1 unspecified atom stereocenters. The van der Waals surface area contributed by atoms with Crippen LogP contribution in [0, 0.1) is 5.82 Å². The van der Waals surface area contributed by atoms with E-state index in [0.29, 0.717) is 12.0 Å². The third-order valence-corrected chi connectivity index (χ3v) is 6.65. The second kappa shape index (κ2) is 9.87. The lowest BCUT2D eigenvalue weighted by molar-refractivity contribution is 0.282. The van der Waals surface area contributed by atoms with Gasteiger partial charge in [-0.25, -0.2) is 4.39 Å². The highest BCUT2D eigenvalue weighted by Crippen LogP contribution is 2.28. The average molecular weight is 430 g/mol. The average Bonchev–Trinajstić information content (AvgIpc) is 2.79. The van der Waals surface area contributed by atoms with Gasteiger partial charge in [0.15, 0.2) is 0 Å². The fourth-order valence-electron chi connectivity index (χ4n) is 3.70. The Balaban J connectivity index is 1.73. The van der Waals surface area contributed by atoms with Crippen LogP contribution in [0.15, 0.2) is 91.0 Å². The number of rotatable bonds is 7. The van der Waals surface area contributed by atoms with Crippen LogP contribution in [0.25, 0.3) is 0 Å². The summed E-state index contributed by atoms with van der Waals surface area (Å²) in [5.74, 6) is -0.100. The van der Waals surface area contributed by atoms with Gasteiger partial charge in [0.05, 0.1) is 6.61 Å². The molecular weight excluding hydrogens is 406 g/mol. The van der Waals surface area contributed by atoms with Gasteiger partial charge in [0.2, 0.25) is 0 Å². The number of hydrogen-bond acceptors (Lipinski definition) is 2. The van der Waals surface area contributed by atoms with Gasteiger partial charge in [-0.1, -0.05) is 81.4 Å². The molecule has 4 aromatic rings. The predicted molar refractivity (Wildman–Crippen MR) is 127 cm³/mol. The Morgan fingerprint density at radius 2 is 1.29 bits per heavy atom. The highest BCUT2D eigenvalue weighted by molar-refractivity contribution is 7.55. The summed E-state index contributed by atoms with van der Waals surface area (Å²) in [5.41, 5.74) is 4.86. The highest BCUT2D eigenvalue weighted by Gasteiger charge is 2.14. The van der Waals surface area contributed by atoms with Crippen LogP contribution >= 0.6 is 8.58 Å². The number of hydrogen-bond donors (Lipinski definition) is 2. The van der Waals surface area contributed by atoms with Crippen LogP contribution < -0.4 is 10.6 Å². The molecule has 0 fully saturated rings. The maximum atomic E-state index is 13.6. The van der Waals surface area contributed by atoms with Crippen LogP contribution in [0.5, 0.6) is 5.75 Å². The summed E-state index contributed by atoms with van der Waals surface area (Å²) in [7, 11) is 0.115. The van der Waals surface area contributed by atoms with Gasteiger partial charge in [0.25, 0.3) is 0 Å². The fraction of sp³-hybridized carbons (Fsp3) is 0.111. The van der Waals surface area contributed by atoms with Crippen molar-refractivity contribution in [2.45, 2.75) is 19.4 Å². The molecular formula is C27H24FO2P.